The lowest BCUT2D eigenvalue weighted by atomic mass is 10.0. The molecule has 0 aromatic carbocycles. The largest absolute Gasteiger partial charge is 0.362 e. The Morgan fingerprint density at radius 2 is 2.05 bits per heavy atom. The number of fused-ring (bicyclic) bond motifs is 1. The number of unbranched alkanes of at least 4 members (excludes halogenated alkanes) is 1. The molecule has 3 fully saturated rings. The Balaban J connectivity index is 1.24. The lowest BCUT2D eigenvalue weighted by molar-refractivity contribution is 0.0125. The van der Waals surface area contributed by atoms with Gasteiger partial charge in [0.25, 0.3) is 0 Å². The van der Waals surface area contributed by atoms with E-state index in [1.54, 1.807) is 0 Å². The second-order valence-electron chi connectivity index (χ2n) is 7.52. The SMILES string of the molecule is CCCN(CCCCOC1CC2CCCCN2N1)CC1CC1. The summed E-state index contributed by atoms with van der Waals surface area (Å²) in [5.41, 5.74) is 3.55. The summed E-state index contributed by atoms with van der Waals surface area (Å²) in [6.07, 6.45) is 12.2. The van der Waals surface area contributed by atoms with E-state index >= 15 is 0 Å². The first-order valence-electron chi connectivity index (χ1n) is 9.72. The fraction of sp³-hybridized carbons (Fsp3) is 1.00. The normalized spacial score (nSPS) is 29.2. The number of nitrogens with one attached hydrogen (secondary N) is 1. The molecule has 3 aliphatic rings. The van der Waals surface area contributed by atoms with Crippen LogP contribution in [0.1, 0.15) is 64.7 Å². The highest BCUT2D eigenvalue weighted by atomic mass is 16.5. The Morgan fingerprint density at radius 1 is 1.14 bits per heavy atom. The molecule has 22 heavy (non-hydrogen) atoms. The van der Waals surface area contributed by atoms with Crippen molar-refractivity contribution in [3.8, 4) is 0 Å². The minimum absolute atomic E-state index is 0.279. The standard InChI is InChI=1S/C18H35N3O/c1-2-10-20(15-16-8-9-16)11-5-6-13-22-18-14-17-7-3-4-12-21(17)19-18/h16-19H,2-15H2,1H3. The van der Waals surface area contributed by atoms with Gasteiger partial charge >= 0.3 is 0 Å². The molecule has 0 bridgehead atoms. The Bertz CT molecular complexity index is 307. The molecule has 2 atom stereocenters. The molecule has 4 heteroatoms. The van der Waals surface area contributed by atoms with Crippen molar-refractivity contribution in [3.05, 3.63) is 0 Å². The maximum absolute atomic E-state index is 6.06. The number of nitrogens with zero attached hydrogens (tertiary/aromatic N) is 2. The number of ether oxygens (including phenoxy) is 1. The topological polar surface area (TPSA) is 27.7 Å². The van der Waals surface area contributed by atoms with Crippen molar-refractivity contribution < 1.29 is 4.74 Å². The quantitative estimate of drug-likeness (QED) is 0.628. The summed E-state index contributed by atoms with van der Waals surface area (Å²) >= 11 is 0. The van der Waals surface area contributed by atoms with E-state index in [0.29, 0.717) is 0 Å². The van der Waals surface area contributed by atoms with Crippen LogP contribution in [0.5, 0.6) is 0 Å². The predicted octanol–water partition coefficient (Wildman–Crippen LogP) is 2.99. The van der Waals surface area contributed by atoms with Gasteiger partial charge in [-0.25, -0.2) is 10.4 Å². The number of rotatable bonds is 10. The molecule has 2 aliphatic heterocycles. The third-order valence-electron chi connectivity index (χ3n) is 5.36. The first-order valence-corrected chi connectivity index (χ1v) is 9.72. The third-order valence-corrected chi connectivity index (χ3v) is 5.36. The molecule has 1 N–H and O–H groups in total. The van der Waals surface area contributed by atoms with E-state index in [4.69, 9.17) is 4.74 Å². The zero-order valence-corrected chi connectivity index (χ0v) is 14.4. The van der Waals surface area contributed by atoms with Crippen LogP contribution in [0.4, 0.5) is 0 Å². The molecule has 0 radical (unpaired) electrons. The molecule has 2 unspecified atom stereocenters. The van der Waals surface area contributed by atoms with E-state index in [1.165, 1.54) is 84.0 Å². The molecule has 4 nitrogen and oxygen atoms in total. The van der Waals surface area contributed by atoms with Gasteiger partial charge in [-0.3, -0.25) is 0 Å². The van der Waals surface area contributed by atoms with Crippen molar-refractivity contribution in [2.24, 2.45) is 5.92 Å². The molecule has 1 aliphatic carbocycles. The Kier molecular flexibility index (Phi) is 6.54. The van der Waals surface area contributed by atoms with Gasteiger partial charge in [0.2, 0.25) is 0 Å². The molecule has 1 saturated carbocycles. The molecular formula is C18H35N3O. The Hall–Kier alpha value is -0.160. The zero-order valence-electron chi connectivity index (χ0n) is 14.4. The van der Waals surface area contributed by atoms with Crippen molar-refractivity contribution in [1.82, 2.24) is 15.3 Å². The first-order chi connectivity index (χ1) is 10.8. The highest BCUT2D eigenvalue weighted by molar-refractivity contribution is 4.83. The van der Waals surface area contributed by atoms with Crippen LogP contribution < -0.4 is 5.43 Å². The number of hydrazine groups is 1. The number of hydrogen-bond donors (Lipinski definition) is 1. The van der Waals surface area contributed by atoms with Gasteiger partial charge in [-0.1, -0.05) is 13.3 Å². The lowest BCUT2D eigenvalue weighted by Gasteiger charge is -2.28. The van der Waals surface area contributed by atoms with Gasteiger partial charge in [0.15, 0.2) is 0 Å². The van der Waals surface area contributed by atoms with Crippen LogP contribution in [-0.4, -0.2) is 55.0 Å². The first kappa shape index (κ1) is 16.7. The summed E-state index contributed by atoms with van der Waals surface area (Å²) in [5, 5.41) is 2.42. The van der Waals surface area contributed by atoms with E-state index in [-0.39, 0.29) is 6.23 Å². The van der Waals surface area contributed by atoms with E-state index < -0.39 is 0 Å². The highest BCUT2D eigenvalue weighted by Crippen LogP contribution is 2.29. The maximum Gasteiger partial charge on any atom is 0.122 e. The summed E-state index contributed by atoms with van der Waals surface area (Å²) in [6, 6.07) is 0.734. The second kappa shape index (κ2) is 8.62. The van der Waals surface area contributed by atoms with Crippen LogP contribution in [0.15, 0.2) is 0 Å². The van der Waals surface area contributed by atoms with Crippen molar-refractivity contribution in [3.63, 3.8) is 0 Å². The summed E-state index contributed by atoms with van der Waals surface area (Å²) in [4.78, 5) is 2.67. The molecule has 0 spiro atoms. The van der Waals surface area contributed by atoms with Gasteiger partial charge in [0, 0.05) is 32.2 Å². The van der Waals surface area contributed by atoms with Crippen molar-refractivity contribution >= 4 is 0 Å². The minimum atomic E-state index is 0.279. The van der Waals surface area contributed by atoms with E-state index in [9.17, 15) is 0 Å². The Morgan fingerprint density at radius 3 is 2.82 bits per heavy atom. The second-order valence-corrected chi connectivity index (χ2v) is 7.52. The van der Waals surface area contributed by atoms with Crippen LogP contribution in [0.25, 0.3) is 0 Å². The average molecular weight is 309 g/mol. The maximum atomic E-state index is 6.06. The van der Waals surface area contributed by atoms with Crippen molar-refractivity contribution in [2.45, 2.75) is 77.0 Å². The van der Waals surface area contributed by atoms with Gasteiger partial charge in [-0.2, -0.15) is 0 Å². The molecule has 0 amide bonds. The minimum Gasteiger partial charge on any atom is -0.362 e. The monoisotopic (exact) mass is 309 g/mol. The van der Waals surface area contributed by atoms with Crippen LogP contribution >= 0.6 is 0 Å². The summed E-state index contributed by atoms with van der Waals surface area (Å²) in [5.74, 6) is 1.02. The van der Waals surface area contributed by atoms with Gasteiger partial charge in [-0.15, -0.1) is 0 Å². The van der Waals surface area contributed by atoms with Crippen molar-refractivity contribution in [1.29, 1.82) is 0 Å². The van der Waals surface area contributed by atoms with Gasteiger partial charge in [0.1, 0.15) is 6.23 Å². The molecule has 2 saturated heterocycles. The smallest absolute Gasteiger partial charge is 0.122 e. The molecule has 128 valence electrons. The number of hydrogen-bond acceptors (Lipinski definition) is 4. The zero-order chi connectivity index (χ0) is 15.2. The van der Waals surface area contributed by atoms with E-state index in [1.807, 2.05) is 0 Å². The van der Waals surface area contributed by atoms with Crippen molar-refractivity contribution in [2.75, 3.05) is 32.8 Å². The molecule has 2 heterocycles. The molecule has 0 aromatic rings. The molecular weight excluding hydrogens is 274 g/mol. The fourth-order valence-electron chi connectivity index (χ4n) is 3.94. The van der Waals surface area contributed by atoms with Gasteiger partial charge < -0.3 is 9.64 Å². The lowest BCUT2D eigenvalue weighted by Crippen LogP contribution is -2.42. The van der Waals surface area contributed by atoms with Gasteiger partial charge in [0.05, 0.1) is 0 Å². The average Bonchev–Trinajstić information content (AvgIpc) is 3.23. The predicted molar refractivity (Wildman–Crippen MR) is 90.5 cm³/mol. The summed E-state index contributed by atoms with van der Waals surface area (Å²) < 4.78 is 6.06. The van der Waals surface area contributed by atoms with E-state index in [0.717, 1.165) is 18.6 Å². The highest BCUT2D eigenvalue weighted by Gasteiger charge is 2.33. The van der Waals surface area contributed by atoms with Gasteiger partial charge in [-0.05, 0) is 64.0 Å². The van der Waals surface area contributed by atoms with E-state index in [2.05, 4.69) is 22.3 Å². The number of piperidine rings is 1. The van der Waals surface area contributed by atoms with Crippen LogP contribution in [0.2, 0.25) is 0 Å². The Labute approximate surface area is 136 Å². The fourth-order valence-corrected chi connectivity index (χ4v) is 3.94. The van der Waals surface area contributed by atoms with Crippen LogP contribution in [0.3, 0.4) is 0 Å². The summed E-state index contributed by atoms with van der Waals surface area (Å²) in [7, 11) is 0. The van der Waals surface area contributed by atoms with Crippen LogP contribution in [-0.2, 0) is 4.74 Å². The molecule has 0 aromatic heterocycles. The molecule has 3 rings (SSSR count). The third kappa shape index (κ3) is 5.19. The summed E-state index contributed by atoms with van der Waals surface area (Å²) in [6.45, 7) is 8.30. The van der Waals surface area contributed by atoms with Crippen LogP contribution in [0, 0.1) is 5.92 Å².